The largest absolute Gasteiger partial charge is 0.418 e. The average molecular weight is 332 g/mol. The first-order chi connectivity index (χ1) is 10.9. The number of amides is 2. The molecule has 1 saturated heterocycles. The molecule has 1 aromatic carbocycles. The Morgan fingerprint density at radius 2 is 2.00 bits per heavy atom. The molecule has 0 aliphatic carbocycles. The van der Waals surface area contributed by atoms with Gasteiger partial charge >= 0.3 is 12.2 Å². The summed E-state index contributed by atoms with van der Waals surface area (Å²) in [6, 6.07) is 2.55. The molecule has 9 heteroatoms. The topological polar surface area (TPSA) is 79.6 Å². The molecule has 1 aromatic rings. The van der Waals surface area contributed by atoms with Crippen molar-refractivity contribution in [3.63, 3.8) is 0 Å². The Morgan fingerprint density at radius 1 is 1.30 bits per heavy atom. The summed E-state index contributed by atoms with van der Waals surface area (Å²) in [7, 11) is 0. The number of morpholine rings is 1. The van der Waals surface area contributed by atoms with Crippen LogP contribution in [0.1, 0.15) is 5.56 Å². The van der Waals surface area contributed by atoms with Gasteiger partial charge in [-0.3, -0.25) is 4.90 Å². The molecule has 0 aromatic heterocycles. The number of hydrogen-bond acceptors (Lipinski definition) is 4. The number of nitrogens with one attached hydrogen (secondary N) is 2. The van der Waals surface area contributed by atoms with E-state index in [1.807, 2.05) is 0 Å². The van der Waals surface area contributed by atoms with Crippen LogP contribution in [0, 0.1) is 0 Å². The van der Waals surface area contributed by atoms with E-state index < -0.39 is 17.8 Å². The van der Waals surface area contributed by atoms with Gasteiger partial charge in [0, 0.05) is 31.9 Å². The van der Waals surface area contributed by atoms with E-state index in [0.29, 0.717) is 26.3 Å². The monoisotopic (exact) mass is 332 g/mol. The molecule has 2 amide bonds. The summed E-state index contributed by atoms with van der Waals surface area (Å²) in [5.74, 6) is 0. The number of rotatable bonds is 4. The van der Waals surface area contributed by atoms with Gasteiger partial charge in [0.1, 0.15) is 0 Å². The maximum absolute atomic E-state index is 12.9. The molecule has 1 aliphatic rings. The van der Waals surface area contributed by atoms with Crippen LogP contribution in [-0.2, 0) is 10.9 Å². The first kappa shape index (κ1) is 17.4. The van der Waals surface area contributed by atoms with Crippen molar-refractivity contribution in [2.75, 3.05) is 50.4 Å². The molecule has 1 heterocycles. The fourth-order valence-corrected chi connectivity index (χ4v) is 2.22. The number of urea groups is 1. The summed E-state index contributed by atoms with van der Waals surface area (Å²) in [6.07, 6.45) is -4.59. The van der Waals surface area contributed by atoms with Gasteiger partial charge in [-0.2, -0.15) is 13.2 Å². The van der Waals surface area contributed by atoms with E-state index in [2.05, 4.69) is 15.5 Å². The highest BCUT2D eigenvalue weighted by Gasteiger charge is 2.34. The zero-order valence-electron chi connectivity index (χ0n) is 12.4. The molecule has 1 aliphatic heterocycles. The summed E-state index contributed by atoms with van der Waals surface area (Å²) >= 11 is 0. The normalized spacial score (nSPS) is 16.1. The molecule has 0 saturated carbocycles. The first-order valence-electron chi connectivity index (χ1n) is 7.18. The predicted molar refractivity (Wildman–Crippen MR) is 80.1 cm³/mol. The smallest absolute Gasteiger partial charge is 0.399 e. The lowest BCUT2D eigenvalue weighted by Gasteiger charge is -2.26. The Hall–Kier alpha value is -2.00. The zero-order valence-corrected chi connectivity index (χ0v) is 12.4. The molecule has 0 bridgehead atoms. The molecule has 128 valence electrons. The minimum absolute atomic E-state index is 0.0180. The van der Waals surface area contributed by atoms with Crippen molar-refractivity contribution in [1.29, 1.82) is 0 Å². The second-order valence-electron chi connectivity index (χ2n) is 5.14. The van der Waals surface area contributed by atoms with Gasteiger partial charge in [0.25, 0.3) is 0 Å². The van der Waals surface area contributed by atoms with Crippen molar-refractivity contribution in [2.24, 2.45) is 0 Å². The van der Waals surface area contributed by atoms with Crippen LogP contribution in [0.3, 0.4) is 0 Å². The second-order valence-corrected chi connectivity index (χ2v) is 5.14. The number of nitrogens with zero attached hydrogens (tertiary/aromatic N) is 1. The van der Waals surface area contributed by atoms with E-state index >= 15 is 0 Å². The van der Waals surface area contributed by atoms with Crippen LogP contribution in [0.25, 0.3) is 0 Å². The molecule has 0 unspecified atom stereocenters. The van der Waals surface area contributed by atoms with Crippen molar-refractivity contribution < 1.29 is 22.7 Å². The van der Waals surface area contributed by atoms with Gasteiger partial charge in [-0.25, -0.2) is 4.79 Å². The molecule has 23 heavy (non-hydrogen) atoms. The Bertz CT molecular complexity index is 545. The minimum atomic E-state index is -4.59. The van der Waals surface area contributed by atoms with Crippen molar-refractivity contribution in [1.82, 2.24) is 10.2 Å². The highest BCUT2D eigenvalue weighted by Crippen LogP contribution is 2.35. The SMILES string of the molecule is Nc1ccc(NC(=O)NCCN2CCOCC2)c(C(F)(F)F)c1. The zero-order chi connectivity index (χ0) is 16.9. The Kier molecular flexibility index (Phi) is 5.67. The molecule has 4 N–H and O–H groups in total. The van der Waals surface area contributed by atoms with E-state index in [-0.39, 0.29) is 11.4 Å². The number of carbonyl (C=O) groups excluding carboxylic acids is 1. The summed E-state index contributed by atoms with van der Waals surface area (Å²) in [5, 5.41) is 4.75. The molecule has 0 atom stereocenters. The molecule has 2 rings (SSSR count). The van der Waals surface area contributed by atoms with Crippen LogP contribution in [0.5, 0.6) is 0 Å². The van der Waals surface area contributed by atoms with Crippen molar-refractivity contribution in [3.8, 4) is 0 Å². The van der Waals surface area contributed by atoms with E-state index in [9.17, 15) is 18.0 Å². The Balaban J connectivity index is 1.87. The average Bonchev–Trinajstić information content (AvgIpc) is 2.49. The van der Waals surface area contributed by atoms with Gasteiger partial charge in [-0.1, -0.05) is 0 Å². The number of anilines is 2. The number of carbonyl (C=O) groups is 1. The highest BCUT2D eigenvalue weighted by molar-refractivity contribution is 5.90. The number of ether oxygens (including phenoxy) is 1. The van der Waals surface area contributed by atoms with Crippen molar-refractivity contribution in [2.45, 2.75) is 6.18 Å². The molecular weight excluding hydrogens is 313 g/mol. The fourth-order valence-electron chi connectivity index (χ4n) is 2.22. The maximum Gasteiger partial charge on any atom is 0.418 e. The highest BCUT2D eigenvalue weighted by atomic mass is 19.4. The fraction of sp³-hybridized carbons (Fsp3) is 0.500. The summed E-state index contributed by atoms with van der Waals surface area (Å²) in [5.41, 5.74) is 4.06. The van der Waals surface area contributed by atoms with E-state index in [4.69, 9.17) is 10.5 Å². The summed E-state index contributed by atoms with van der Waals surface area (Å²) < 4.78 is 44.0. The van der Waals surface area contributed by atoms with Gasteiger partial charge < -0.3 is 21.1 Å². The van der Waals surface area contributed by atoms with Gasteiger partial charge in [-0.15, -0.1) is 0 Å². The van der Waals surface area contributed by atoms with Gasteiger partial charge in [0.2, 0.25) is 0 Å². The third kappa shape index (κ3) is 5.29. The summed E-state index contributed by atoms with van der Waals surface area (Å²) in [6.45, 7) is 3.80. The lowest BCUT2D eigenvalue weighted by molar-refractivity contribution is -0.136. The van der Waals surface area contributed by atoms with Gasteiger partial charge in [0.05, 0.1) is 24.5 Å². The van der Waals surface area contributed by atoms with Gasteiger partial charge in [0.15, 0.2) is 0 Å². The van der Waals surface area contributed by atoms with Crippen molar-refractivity contribution in [3.05, 3.63) is 23.8 Å². The molecule has 6 nitrogen and oxygen atoms in total. The first-order valence-corrected chi connectivity index (χ1v) is 7.18. The quantitative estimate of drug-likeness (QED) is 0.734. The number of halogens is 3. The van der Waals surface area contributed by atoms with Crippen LogP contribution >= 0.6 is 0 Å². The summed E-state index contributed by atoms with van der Waals surface area (Å²) in [4.78, 5) is 13.9. The standard InChI is InChI=1S/C14H19F3N4O2/c15-14(16,17)11-9-10(18)1-2-12(11)20-13(22)19-3-4-21-5-7-23-8-6-21/h1-2,9H,3-8,18H2,(H2,19,20,22). The number of benzene rings is 1. The van der Waals surface area contributed by atoms with E-state index in [0.717, 1.165) is 25.2 Å². The minimum Gasteiger partial charge on any atom is -0.399 e. The number of hydrogen-bond donors (Lipinski definition) is 3. The second kappa shape index (κ2) is 7.51. The van der Waals surface area contributed by atoms with Crippen LogP contribution in [0.2, 0.25) is 0 Å². The number of alkyl halides is 3. The molecule has 0 radical (unpaired) electrons. The Labute approximate surface area is 131 Å². The number of nitrogen functional groups attached to an aromatic ring is 1. The Morgan fingerprint density at radius 3 is 2.65 bits per heavy atom. The third-order valence-electron chi connectivity index (χ3n) is 3.41. The van der Waals surface area contributed by atoms with Gasteiger partial charge in [-0.05, 0) is 18.2 Å². The lowest BCUT2D eigenvalue weighted by Crippen LogP contribution is -2.42. The van der Waals surface area contributed by atoms with E-state index in [1.165, 1.54) is 6.07 Å². The maximum atomic E-state index is 12.9. The molecule has 0 spiro atoms. The van der Waals surface area contributed by atoms with Crippen LogP contribution in [0.15, 0.2) is 18.2 Å². The molecular formula is C14H19F3N4O2. The van der Waals surface area contributed by atoms with Crippen molar-refractivity contribution >= 4 is 17.4 Å². The third-order valence-corrected chi connectivity index (χ3v) is 3.41. The molecule has 1 fully saturated rings. The number of nitrogens with two attached hydrogens (primary N) is 1. The lowest BCUT2D eigenvalue weighted by atomic mass is 10.1. The predicted octanol–water partition coefficient (Wildman–Crippen LogP) is 1.74. The van der Waals surface area contributed by atoms with Crippen LogP contribution < -0.4 is 16.4 Å². The van der Waals surface area contributed by atoms with Crippen LogP contribution in [-0.4, -0.2) is 50.3 Å². The van der Waals surface area contributed by atoms with Crippen LogP contribution in [0.4, 0.5) is 29.3 Å². The van der Waals surface area contributed by atoms with E-state index in [1.54, 1.807) is 0 Å².